The molecule has 4 rings (SSSR count). The summed E-state index contributed by atoms with van der Waals surface area (Å²) in [5.74, 6) is -0.977. The molecule has 3 N–H and O–H groups in total. The molecule has 156 valence electrons. The molecule has 10 heteroatoms. The number of carbonyl (C=O) groups is 1. The van der Waals surface area contributed by atoms with Crippen molar-refractivity contribution in [1.82, 2.24) is 14.6 Å². The second kappa shape index (κ2) is 6.82. The number of carbonyl (C=O) groups excluding carboxylic acids is 1. The van der Waals surface area contributed by atoms with Gasteiger partial charge < -0.3 is 19.9 Å². The van der Waals surface area contributed by atoms with E-state index in [2.05, 4.69) is 15.4 Å². The van der Waals surface area contributed by atoms with Crippen LogP contribution in [0.1, 0.15) is 23.0 Å². The number of anilines is 1. The van der Waals surface area contributed by atoms with E-state index in [4.69, 9.17) is 4.74 Å². The van der Waals surface area contributed by atoms with Crippen LogP contribution in [0.25, 0.3) is 0 Å². The maximum absolute atomic E-state index is 13.5. The quantitative estimate of drug-likeness (QED) is 0.679. The molecule has 0 saturated carbocycles. The van der Waals surface area contributed by atoms with Crippen molar-refractivity contribution in [3.63, 3.8) is 0 Å². The van der Waals surface area contributed by atoms with Crippen molar-refractivity contribution < 1.29 is 22.3 Å². The van der Waals surface area contributed by atoms with Crippen molar-refractivity contribution in [3.8, 4) is 5.75 Å². The Morgan fingerprint density at radius 3 is 2.90 bits per heavy atom. The minimum absolute atomic E-state index is 0.0188. The summed E-state index contributed by atoms with van der Waals surface area (Å²) in [6, 6.07) is 4.22. The molecule has 3 heterocycles. The topological polar surface area (TPSA) is 101 Å². The molecular weight excluding hydrogens is 399 g/mol. The van der Waals surface area contributed by atoms with Crippen LogP contribution in [0.2, 0.25) is 0 Å². The van der Waals surface area contributed by atoms with Gasteiger partial charge in [0.2, 0.25) is 10.0 Å². The predicted octanol–water partition coefficient (Wildman–Crippen LogP) is 1.37. The Hall–Kier alpha value is -2.43. The first-order chi connectivity index (χ1) is 13.6. The van der Waals surface area contributed by atoms with Crippen molar-refractivity contribution in [3.05, 3.63) is 41.5 Å². The van der Waals surface area contributed by atoms with Crippen LogP contribution in [0, 0.1) is 18.7 Å². The highest BCUT2D eigenvalue weighted by Gasteiger charge is 2.46. The van der Waals surface area contributed by atoms with Gasteiger partial charge in [0.1, 0.15) is 10.7 Å². The van der Waals surface area contributed by atoms with Crippen LogP contribution in [-0.2, 0) is 17.1 Å². The minimum atomic E-state index is -3.90. The van der Waals surface area contributed by atoms with Crippen molar-refractivity contribution in [2.75, 3.05) is 25.0 Å². The van der Waals surface area contributed by atoms with E-state index in [0.29, 0.717) is 24.3 Å². The fourth-order valence-electron chi connectivity index (χ4n) is 3.87. The summed E-state index contributed by atoms with van der Waals surface area (Å²) in [5, 5.41) is 5.87. The van der Waals surface area contributed by atoms with Crippen LogP contribution in [0.5, 0.6) is 5.75 Å². The van der Waals surface area contributed by atoms with Gasteiger partial charge in [0.15, 0.2) is 11.4 Å². The molecule has 2 aromatic rings. The molecule has 2 atom stereocenters. The second-order valence-electron chi connectivity index (χ2n) is 7.86. The third-order valence-corrected chi connectivity index (χ3v) is 7.21. The zero-order chi connectivity index (χ0) is 21.0. The van der Waals surface area contributed by atoms with Gasteiger partial charge in [0.25, 0.3) is 5.91 Å². The van der Waals surface area contributed by atoms with Crippen LogP contribution in [-0.4, -0.2) is 44.1 Å². The zero-order valence-electron chi connectivity index (χ0n) is 16.4. The molecule has 0 spiro atoms. The van der Waals surface area contributed by atoms with Crippen molar-refractivity contribution >= 4 is 21.6 Å². The number of halogens is 1. The van der Waals surface area contributed by atoms with Gasteiger partial charge >= 0.3 is 0 Å². The van der Waals surface area contributed by atoms with Gasteiger partial charge in [-0.25, -0.2) is 17.5 Å². The second-order valence-corrected chi connectivity index (χ2v) is 9.51. The maximum Gasteiger partial charge on any atom is 0.276 e. The fraction of sp³-hybridized carbons (Fsp3) is 0.421. The first kappa shape index (κ1) is 19.9. The number of hydrogen-bond donors (Lipinski definition) is 3. The van der Waals surface area contributed by atoms with E-state index in [1.165, 1.54) is 29.0 Å². The van der Waals surface area contributed by atoms with E-state index in [0.717, 1.165) is 0 Å². The summed E-state index contributed by atoms with van der Waals surface area (Å²) in [6.45, 7) is 4.81. The summed E-state index contributed by atoms with van der Waals surface area (Å²) in [7, 11) is -2.32. The molecule has 0 unspecified atom stereocenters. The SMILES string of the molecule is Cc1cc(NC(=O)c2c3c(cn2C)S(=O)(=O)N[C@@]2(C)CNC[C@H]2CO3)ccc1F. The summed E-state index contributed by atoms with van der Waals surface area (Å²) in [4.78, 5) is 12.9. The summed E-state index contributed by atoms with van der Waals surface area (Å²) < 4.78 is 49.6. The first-order valence-electron chi connectivity index (χ1n) is 9.25. The van der Waals surface area contributed by atoms with Crippen LogP contribution in [0.15, 0.2) is 29.3 Å². The lowest BCUT2D eigenvalue weighted by Gasteiger charge is -2.33. The highest BCUT2D eigenvalue weighted by molar-refractivity contribution is 7.89. The largest absolute Gasteiger partial charge is 0.489 e. The molecule has 2 aliphatic rings. The van der Waals surface area contributed by atoms with Crippen LogP contribution >= 0.6 is 0 Å². The number of amides is 1. The molecule has 1 fully saturated rings. The molecule has 1 amide bonds. The van der Waals surface area contributed by atoms with E-state index in [-0.39, 0.29) is 34.7 Å². The van der Waals surface area contributed by atoms with Crippen molar-refractivity contribution in [2.24, 2.45) is 13.0 Å². The summed E-state index contributed by atoms with van der Waals surface area (Å²) in [5.41, 5.74) is 0.214. The van der Waals surface area contributed by atoms with Gasteiger partial charge in [-0.3, -0.25) is 4.79 Å². The Balaban J connectivity index is 1.72. The lowest BCUT2D eigenvalue weighted by atomic mass is 9.91. The van der Waals surface area contributed by atoms with Gasteiger partial charge in [0, 0.05) is 43.5 Å². The van der Waals surface area contributed by atoms with Gasteiger partial charge in [-0.05, 0) is 37.6 Å². The number of aromatic nitrogens is 1. The average molecular weight is 422 g/mol. The van der Waals surface area contributed by atoms with Gasteiger partial charge in [-0.2, -0.15) is 0 Å². The van der Waals surface area contributed by atoms with Crippen LogP contribution < -0.4 is 20.1 Å². The Morgan fingerprint density at radius 2 is 2.17 bits per heavy atom. The molecule has 0 radical (unpaired) electrons. The average Bonchev–Trinajstić information content (AvgIpc) is 3.14. The van der Waals surface area contributed by atoms with Crippen molar-refractivity contribution in [2.45, 2.75) is 24.3 Å². The molecule has 0 bridgehead atoms. The fourth-order valence-corrected chi connectivity index (χ4v) is 5.53. The number of hydrogen-bond acceptors (Lipinski definition) is 5. The van der Waals surface area contributed by atoms with E-state index in [9.17, 15) is 17.6 Å². The number of sulfonamides is 1. The number of benzene rings is 1. The number of ether oxygens (including phenoxy) is 1. The van der Waals surface area contributed by atoms with Crippen LogP contribution in [0.3, 0.4) is 0 Å². The van der Waals surface area contributed by atoms with E-state index < -0.39 is 21.5 Å². The van der Waals surface area contributed by atoms with Gasteiger partial charge in [0.05, 0.1) is 6.61 Å². The normalized spacial score (nSPS) is 25.3. The number of rotatable bonds is 2. The Kier molecular flexibility index (Phi) is 4.67. The molecule has 1 saturated heterocycles. The predicted molar refractivity (Wildman–Crippen MR) is 105 cm³/mol. The van der Waals surface area contributed by atoms with E-state index in [1.54, 1.807) is 14.0 Å². The number of fused-ring (bicyclic) bond motifs is 2. The third-order valence-electron chi connectivity index (χ3n) is 5.60. The van der Waals surface area contributed by atoms with E-state index in [1.807, 2.05) is 6.92 Å². The highest BCUT2D eigenvalue weighted by atomic mass is 32.2. The lowest BCUT2D eigenvalue weighted by Crippen LogP contribution is -2.54. The van der Waals surface area contributed by atoms with Crippen molar-refractivity contribution in [1.29, 1.82) is 0 Å². The third kappa shape index (κ3) is 3.41. The first-order valence-corrected chi connectivity index (χ1v) is 10.7. The molecule has 29 heavy (non-hydrogen) atoms. The zero-order valence-corrected chi connectivity index (χ0v) is 17.2. The number of aryl methyl sites for hydroxylation is 2. The maximum atomic E-state index is 13.5. The molecule has 2 aliphatic heterocycles. The summed E-state index contributed by atoms with van der Waals surface area (Å²) >= 11 is 0. The lowest BCUT2D eigenvalue weighted by molar-refractivity contribution is 0.101. The van der Waals surface area contributed by atoms with Gasteiger partial charge in [-0.1, -0.05) is 0 Å². The summed E-state index contributed by atoms with van der Waals surface area (Å²) in [6.07, 6.45) is 1.37. The standard InChI is InChI=1S/C19H23FN4O4S/c1-11-6-13(4-5-14(11)20)22-18(25)16-17-15(8-24(16)3)29(26,27)23-19(2)10-21-7-12(19)9-28-17/h4-6,8,12,21,23H,7,9-10H2,1-3H3,(H,22,25)/t12-,19-/m0/s1. The Labute approximate surface area is 168 Å². The molecular formula is C19H23FN4O4S. The minimum Gasteiger partial charge on any atom is -0.489 e. The Bertz CT molecular complexity index is 1100. The Morgan fingerprint density at radius 1 is 1.41 bits per heavy atom. The number of nitrogens with one attached hydrogen (secondary N) is 3. The molecule has 1 aromatic carbocycles. The van der Waals surface area contributed by atoms with Gasteiger partial charge in [-0.15, -0.1) is 0 Å². The highest BCUT2D eigenvalue weighted by Crippen LogP contribution is 2.36. The van der Waals surface area contributed by atoms with Crippen LogP contribution in [0.4, 0.5) is 10.1 Å². The molecule has 1 aromatic heterocycles. The smallest absolute Gasteiger partial charge is 0.276 e. The van der Waals surface area contributed by atoms with E-state index >= 15 is 0 Å². The number of nitrogens with zero attached hydrogens (tertiary/aromatic N) is 1. The molecule has 8 nitrogen and oxygen atoms in total. The monoisotopic (exact) mass is 422 g/mol. The molecule has 0 aliphatic carbocycles.